The number of carbonyl (C=O) groups excluding carboxylic acids is 1. The fourth-order valence-corrected chi connectivity index (χ4v) is 1.48. The second kappa shape index (κ2) is 6.10. The van der Waals surface area contributed by atoms with Crippen LogP contribution in [0.1, 0.15) is 12.0 Å². The van der Waals surface area contributed by atoms with Crippen LogP contribution in [0.2, 0.25) is 0 Å². The Bertz CT molecular complexity index is 391. The molecule has 0 radical (unpaired) electrons. The van der Waals surface area contributed by atoms with Gasteiger partial charge in [-0.15, -0.1) is 0 Å². The highest BCUT2D eigenvalue weighted by molar-refractivity contribution is 5.75. The third kappa shape index (κ3) is 3.64. The molecule has 1 aromatic carbocycles. The molecule has 0 unspecified atom stereocenters. The van der Waals surface area contributed by atoms with Crippen LogP contribution < -0.4 is 15.3 Å². The molecule has 0 bridgehead atoms. The van der Waals surface area contributed by atoms with Gasteiger partial charge in [-0.1, -0.05) is 6.07 Å². The number of nitrogens with zero attached hydrogens (tertiary/aromatic N) is 1. The van der Waals surface area contributed by atoms with Crippen LogP contribution in [0.5, 0.6) is 11.5 Å². The maximum atomic E-state index is 11.4. The Kier molecular flexibility index (Phi) is 4.78. The van der Waals surface area contributed by atoms with Crippen molar-refractivity contribution in [3.05, 3.63) is 23.8 Å². The van der Waals surface area contributed by atoms with Crippen LogP contribution in [0.4, 0.5) is 0 Å². The molecule has 0 aliphatic carbocycles. The van der Waals surface area contributed by atoms with E-state index in [1.165, 1.54) is 7.05 Å². The molecule has 0 aromatic heterocycles. The summed E-state index contributed by atoms with van der Waals surface area (Å²) in [5.74, 6) is 6.69. The van der Waals surface area contributed by atoms with Crippen LogP contribution in [0.25, 0.3) is 0 Å². The minimum atomic E-state index is -0.108. The Morgan fingerprint density at radius 1 is 1.35 bits per heavy atom. The lowest BCUT2D eigenvalue weighted by Crippen LogP contribution is -2.33. The van der Waals surface area contributed by atoms with Crippen LogP contribution in [-0.4, -0.2) is 32.2 Å². The van der Waals surface area contributed by atoms with E-state index in [0.717, 1.165) is 22.1 Å². The molecule has 0 aliphatic heterocycles. The molecule has 1 rings (SSSR count). The minimum absolute atomic E-state index is 0.108. The number of amides is 1. The molecule has 5 nitrogen and oxygen atoms in total. The number of nitrogens with two attached hydrogens (primary N) is 1. The van der Waals surface area contributed by atoms with Gasteiger partial charge in [0.1, 0.15) is 11.5 Å². The van der Waals surface area contributed by atoms with Crippen molar-refractivity contribution >= 4 is 5.91 Å². The molecule has 2 N–H and O–H groups in total. The summed E-state index contributed by atoms with van der Waals surface area (Å²) in [4.78, 5) is 11.4. The highest BCUT2D eigenvalue weighted by Crippen LogP contribution is 2.25. The van der Waals surface area contributed by atoms with Crippen LogP contribution >= 0.6 is 0 Å². The number of methoxy groups -OCH3 is 2. The topological polar surface area (TPSA) is 64.8 Å². The lowest BCUT2D eigenvalue weighted by molar-refractivity contribution is -0.130. The van der Waals surface area contributed by atoms with Gasteiger partial charge in [-0.05, 0) is 18.1 Å². The zero-order chi connectivity index (χ0) is 12.8. The van der Waals surface area contributed by atoms with E-state index < -0.39 is 0 Å². The molecular formula is C12H18N2O3. The first-order valence-corrected chi connectivity index (χ1v) is 5.30. The highest BCUT2D eigenvalue weighted by atomic mass is 16.5. The van der Waals surface area contributed by atoms with Crippen molar-refractivity contribution in [3.63, 3.8) is 0 Å². The summed E-state index contributed by atoms with van der Waals surface area (Å²) >= 11 is 0. The first-order chi connectivity index (χ1) is 8.08. The summed E-state index contributed by atoms with van der Waals surface area (Å²) in [6.45, 7) is 0. The Hall–Kier alpha value is -1.75. The van der Waals surface area contributed by atoms with E-state index >= 15 is 0 Å². The maximum Gasteiger partial charge on any atom is 0.236 e. The largest absolute Gasteiger partial charge is 0.497 e. The average Bonchev–Trinajstić information content (AvgIpc) is 2.35. The lowest BCUT2D eigenvalue weighted by Gasteiger charge is -2.12. The van der Waals surface area contributed by atoms with Crippen LogP contribution in [-0.2, 0) is 11.2 Å². The number of aryl methyl sites for hydroxylation is 1. The minimum Gasteiger partial charge on any atom is -0.497 e. The Morgan fingerprint density at radius 3 is 2.59 bits per heavy atom. The van der Waals surface area contributed by atoms with Crippen molar-refractivity contribution in [1.82, 2.24) is 5.01 Å². The molecule has 0 atom stereocenters. The van der Waals surface area contributed by atoms with E-state index in [-0.39, 0.29) is 5.91 Å². The van der Waals surface area contributed by atoms with Gasteiger partial charge in [-0.25, -0.2) is 5.84 Å². The Morgan fingerprint density at radius 2 is 2.06 bits per heavy atom. The van der Waals surface area contributed by atoms with Gasteiger partial charge in [0.15, 0.2) is 0 Å². The van der Waals surface area contributed by atoms with Crippen LogP contribution in [0, 0.1) is 0 Å². The fourth-order valence-electron chi connectivity index (χ4n) is 1.48. The van der Waals surface area contributed by atoms with Crippen molar-refractivity contribution in [3.8, 4) is 11.5 Å². The summed E-state index contributed by atoms with van der Waals surface area (Å²) in [7, 11) is 4.73. The fraction of sp³-hybridized carbons (Fsp3) is 0.417. The second-order valence-electron chi connectivity index (χ2n) is 3.68. The summed E-state index contributed by atoms with van der Waals surface area (Å²) in [5, 5.41) is 1.09. The van der Waals surface area contributed by atoms with Crippen LogP contribution in [0.3, 0.4) is 0 Å². The molecule has 17 heavy (non-hydrogen) atoms. The van der Waals surface area contributed by atoms with Gasteiger partial charge in [0, 0.05) is 19.5 Å². The van der Waals surface area contributed by atoms with E-state index in [2.05, 4.69) is 0 Å². The number of hydrazine groups is 1. The van der Waals surface area contributed by atoms with Gasteiger partial charge >= 0.3 is 0 Å². The predicted molar refractivity (Wildman–Crippen MR) is 64.8 cm³/mol. The van der Waals surface area contributed by atoms with E-state index in [9.17, 15) is 4.79 Å². The summed E-state index contributed by atoms with van der Waals surface area (Å²) in [5.41, 5.74) is 0.962. The van der Waals surface area contributed by atoms with Gasteiger partial charge in [-0.2, -0.15) is 0 Å². The Balaban J connectivity index is 2.74. The quantitative estimate of drug-likeness (QED) is 0.471. The zero-order valence-electron chi connectivity index (χ0n) is 10.4. The molecule has 0 aliphatic rings. The predicted octanol–water partition coefficient (Wildman–Crippen LogP) is 0.969. The summed E-state index contributed by atoms with van der Waals surface area (Å²) in [6, 6.07) is 5.53. The van der Waals surface area contributed by atoms with E-state index in [0.29, 0.717) is 12.8 Å². The van der Waals surface area contributed by atoms with E-state index in [1.807, 2.05) is 12.1 Å². The maximum absolute atomic E-state index is 11.4. The van der Waals surface area contributed by atoms with Crippen molar-refractivity contribution in [2.75, 3.05) is 21.3 Å². The van der Waals surface area contributed by atoms with Gasteiger partial charge in [0.05, 0.1) is 14.2 Å². The standard InChI is InChI=1S/C12H18N2O3/c1-14(13)12(15)7-5-9-4-6-10(16-2)8-11(9)17-3/h4,6,8H,5,7,13H2,1-3H3. The Labute approximate surface area is 101 Å². The van der Waals surface area contributed by atoms with Crippen molar-refractivity contribution < 1.29 is 14.3 Å². The van der Waals surface area contributed by atoms with Crippen molar-refractivity contribution in [2.45, 2.75) is 12.8 Å². The highest BCUT2D eigenvalue weighted by Gasteiger charge is 2.09. The van der Waals surface area contributed by atoms with E-state index in [1.54, 1.807) is 20.3 Å². The van der Waals surface area contributed by atoms with Gasteiger partial charge in [0.2, 0.25) is 5.91 Å². The third-order valence-electron chi connectivity index (χ3n) is 2.50. The molecule has 94 valence electrons. The smallest absolute Gasteiger partial charge is 0.236 e. The van der Waals surface area contributed by atoms with Gasteiger partial charge in [-0.3, -0.25) is 9.80 Å². The number of hydrogen-bond donors (Lipinski definition) is 1. The molecule has 0 saturated carbocycles. The zero-order valence-corrected chi connectivity index (χ0v) is 10.4. The molecular weight excluding hydrogens is 220 g/mol. The number of ether oxygens (including phenoxy) is 2. The van der Waals surface area contributed by atoms with E-state index in [4.69, 9.17) is 15.3 Å². The molecule has 5 heteroatoms. The molecule has 0 heterocycles. The number of carbonyl (C=O) groups is 1. The van der Waals surface area contributed by atoms with Crippen molar-refractivity contribution in [1.29, 1.82) is 0 Å². The van der Waals surface area contributed by atoms with Crippen LogP contribution in [0.15, 0.2) is 18.2 Å². The third-order valence-corrected chi connectivity index (χ3v) is 2.50. The monoisotopic (exact) mass is 238 g/mol. The first-order valence-electron chi connectivity index (χ1n) is 5.30. The first kappa shape index (κ1) is 13.3. The molecule has 0 fully saturated rings. The number of rotatable bonds is 5. The molecule has 1 aromatic rings. The second-order valence-corrected chi connectivity index (χ2v) is 3.68. The van der Waals surface area contributed by atoms with Gasteiger partial charge < -0.3 is 9.47 Å². The average molecular weight is 238 g/mol. The van der Waals surface area contributed by atoms with Gasteiger partial charge in [0.25, 0.3) is 0 Å². The number of hydrogen-bond acceptors (Lipinski definition) is 4. The SMILES string of the molecule is COc1ccc(CCC(=O)N(C)N)c(OC)c1. The summed E-state index contributed by atoms with van der Waals surface area (Å²) in [6.07, 6.45) is 0.948. The van der Waals surface area contributed by atoms with Crippen molar-refractivity contribution in [2.24, 2.45) is 5.84 Å². The molecule has 1 amide bonds. The lowest BCUT2D eigenvalue weighted by atomic mass is 10.1. The normalized spacial score (nSPS) is 9.88. The number of benzene rings is 1. The molecule has 0 spiro atoms. The summed E-state index contributed by atoms with van der Waals surface area (Å²) < 4.78 is 10.3. The molecule has 0 saturated heterocycles.